The van der Waals surface area contributed by atoms with Gasteiger partial charge in [0.15, 0.2) is 0 Å². The van der Waals surface area contributed by atoms with Crippen LogP contribution < -0.4 is 0 Å². The Morgan fingerprint density at radius 2 is 1.92 bits per heavy atom. The van der Waals surface area contributed by atoms with Crippen LogP contribution >= 0.6 is 45.9 Å². The van der Waals surface area contributed by atoms with E-state index in [4.69, 9.17) is 4.74 Å². The second-order valence-corrected chi connectivity index (χ2v) is 27.5. The third-order valence-corrected chi connectivity index (χ3v) is 7.37. The molecule has 2 rings (SSSR count). The zero-order valence-electron chi connectivity index (χ0n) is 7.31. The summed E-state index contributed by atoms with van der Waals surface area (Å²) in [6.07, 6.45) is 6.60. The van der Waals surface area contributed by atoms with Gasteiger partial charge in [0.05, 0.1) is 12.2 Å². The summed E-state index contributed by atoms with van der Waals surface area (Å²) in [5.74, 6) is 0.906. The number of fused-ring (bicyclic) bond motifs is 1. The number of halogens is 3. The van der Waals surface area contributed by atoms with Crippen molar-refractivity contribution in [3.05, 3.63) is 0 Å². The van der Waals surface area contributed by atoms with Gasteiger partial charge in [-0.2, -0.15) is 0 Å². The van der Waals surface area contributed by atoms with Crippen molar-refractivity contribution in [3.63, 3.8) is 0 Å². The molecule has 0 spiro atoms. The van der Waals surface area contributed by atoms with E-state index in [1.165, 1.54) is 31.7 Å². The lowest BCUT2D eigenvalue weighted by molar-refractivity contribution is 0.357. The van der Waals surface area contributed by atoms with E-state index in [0.717, 1.165) is 5.92 Å². The zero-order chi connectivity index (χ0) is 9.47. The molecule has 1 nitrogen and oxygen atoms in total. The summed E-state index contributed by atoms with van der Waals surface area (Å²) < 4.78 is 4.16. The zero-order valence-corrected chi connectivity index (χ0v) is 13.1. The van der Waals surface area contributed by atoms with Crippen LogP contribution in [0.25, 0.3) is 0 Å². The van der Waals surface area contributed by atoms with Crippen LogP contribution in [0.4, 0.5) is 0 Å². The maximum absolute atomic E-state index is 5.52. The highest BCUT2D eigenvalue weighted by Crippen LogP contribution is 2.43. The Bertz CT molecular complexity index is 194. The molecule has 1 saturated heterocycles. The molecule has 0 amide bonds. The summed E-state index contributed by atoms with van der Waals surface area (Å²) >= 11 is 11.0. The summed E-state index contributed by atoms with van der Waals surface area (Å²) in [5.41, 5.74) is 0. The molecular weight excluding hydrogens is 380 g/mol. The molecule has 0 aromatic carbocycles. The summed E-state index contributed by atoms with van der Waals surface area (Å²) in [6.45, 7) is 0. The highest BCUT2D eigenvalue weighted by atomic mass is 80.0. The minimum Gasteiger partial charge on any atom is -0.370 e. The van der Waals surface area contributed by atoms with Gasteiger partial charge in [0.25, 0.3) is 3.93 Å². The van der Waals surface area contributed by atoms with Crippen molar-refractivity contribution in [2.75, 3.05) is 0 Å². The lowest BCUT2D eigenvalue weighted by Gasteiger charge is -2.20. The Hall–Kier alpha value is 1.62. The second kappa shape index (κ2) is 4.24. The molecule has 0 bridgehead atoms. The van der Waals surface area contributed by atoms with Crippen LogP contribution in [0.15, 0.2) is 0 Å². The normalized spacial score (nSPS) is 38.5. The third kappa shape index (κ3) is 3.59. The van der Waals surface area contributed by atoms with Crippen LogP contribution in [-0.2, 0) is 4.74 Å². The van der Waals surface area contributed by atoms with Crippen LogP contribution in [0.5, 0.6) is 0 Å². The minimum atomic E-state index is -1.35. The molecule has 0 radical (unpaired) electrons. The first kappa shape index (κ1) is 11.1. The first-order chi connectivity index (χ1) is 6.04. The summed E-state index contributed by atoms with van der Waals surface area (Å²) in [5, 5.41) is 0. The van der Waals surface area contributed by atoms with Crippen LogP contribution in [0, 0.1) is 5.92 Å². The van der Waals surface area contributed by atoms with Crippen molar-refractivity contribution in [1.29, 1.82) is 0 Å². The van der Waals surface area contributed by atoms with Crippen LogP contribution in [0.1, 0.15) is 25.7 Å². The fourth-order valence-electron chi connectivity index (χ4n) is 2.12. The van der Waals surface area contributed by atoms with E-state index in [1.54, 1.807) is 0 Å². The second-order valence-electron chi connectivity index (χ2n) is 4.05. The average Bonchev–Trinajstić information content (AvgIpc) is 2.76. The fraction of sp³-hybridized carbons (Fsp3) is 1.00. The average molecular weight is 393 g/mol. The lowest BCUT2D eigenvalue weighted by atomic mass is 9.88. The SMILES string of the molecule is Br[Si](Br)(Br)CCC1CCC2OC2C1. The van der Waals surface area contributed by atoms with Gasteiger partial charge in [0, 0.05) is 0 Å². The number of rotatable bonds is 3. The van der Waals surface area contributed by atoms with Crippen LogP contribution in [0.3, 0.4) is 0 Å². The van der Waals surface area contributed by atoms with Gasteiger partial charge in [-0.25, -0.2) is 0 Å². The molecule has 2 fully saturated rings. The monoisotopic (exact) mass is 390 g/mol. The highest BCUT2D eigenvalue weighted by Gasteiger charge is 2.43. The molecule has 1 saturated carbocycles. The van der Waals surface area contributed by atoms with Crippen molar-refractivity contribution < 1.29 is 4.74 Å². The van der Waals surface area contributed by atoms with E-state index in [2.05, 4.69) is 45.9 Å². The van der Waals surface area contributed by atoms with Gasteiger partial charge in [0.2, 0.25) is 0 Å². The van der Waals surface area contributed by atoms with Crippen molar-refractivity contribution in [2.45, 2.75) is 43.9 Å². The van der Waals surface area contributed by atoms with E-state index in [1.807, 2.05) is 0 Å². The lowest BCUT2D eigenvalue weighted by Crippen LogP contribution is -2.16. The molecular formula is C8H13Br3OSi. The summed E-state index contributed by atoms with van der Waals surface area (Å²) in [6, 6.07) is 1.26. The van der Waals surface area contributed by atoms with E-state index in [0.29, 0.717) is 12.2 Å². The molecule has 3 unspecified atom stereocenters. The number of hydrogen-bond donors (Lipinski definition) is 0. The highest BCUT2D eigenvalue weighted by molar-refractivity contribution is 9.72. The topological polar surface area (TPSA) is 12.5 Å². The molecule has 1 aliphatic heterocycles. The van der Waals surface area contributed by atoms with Gasteiger partial charge in [-0.05, 0) is 31.2 Å². The van der Waals surface area contributed by atoms with Gasteiger partial charge < -0.3 is 4.74 Å². The molecule has 13 heavy (non-hydrogen) atoms. The Balaban J connectivity index is 1.70. The van der Waals surface area contributed by atoms with Gasteiger partial charge in [-0.1, -0.05) is 52.3 Å². The summed E-state index contributed by atoms with van der Waals surface area (Å²) in [4.78, 5) is 0. The molecule has 1 heterocycles. The molecule has 0 aromatic rings. The first-order valence-electron chi connectivity index (χ1n) is 4.77. The minimum absolute atomic E-state index is 0.635. The number of hydrogen-bond acceptors (Lipinski definition) is 1. The Labute approximate surface area is 104 Å². The third-order valence-electron chi connectivity index (χ3n) is 2.95. The molecule has 76 valence electrons. The Kier molecular flexibility index (Phi) is 3.62. The predicted molar refractivity (Wildman–Crippen MR) is 68.0 cm³/mol. The number of epoxide rings is 1. The molecule has 0 aromatic heterocycles. The largest absolute Gasteiger partial charge is 0.370 e. The van der Waals surface area contributed by atoms with Gasteiger partial charge in [0.1, 0.15) is 0 Å². The molecule has 0 N–H and O–H groups in total. The van der Waals surface area contributed by atoms with Gasteiger partial charge in [-0.15, -0.1) is 0 Å². The van der Waals surface area contributed by atoms with Gasteiger partial charge in [-0.3, -0.25) is 0 Å². The van der Waals surface area contributed by atoms with E-state index in [-0.39, 0.29) is 0 Å². The van der Waals surface area contributed by atoms with E-state index >= 15 is 0 Å². The molecule has 5 heteroatoms. The van der Waals surface area contributed by atoms with Crippen LogP contribution in [-0.4, -0.2) is 16.1 Å². The van der Waals surface area contributed by atoms with Crippen molar-refractivity contribution >= 4 is 49.8 Å². The van der Waals surface area contributed by atoms with E-state index in [9.17, 15) is 0 Å². The molecule has 3 atom stereocenters. The molecule has 1 aliphatic carbocycles. The van der Waals surface area contributed by atoms with Crippen LogP contribution in [0.2, 0.25) is 6.04 Å². The van der Waals surface area contributed by atoms with Crippen molar-refractivity contribution in [1.82, 2.24) is 0 Å². The predicted octanol–water partition coefficient (Wildman–Crippen LogP) is 4.07. The Morgan fingerprint density at radius 1 is 1.15 bits per heavy atom. The fourth-order valence-corrected chi connectivity index (χ4v) is 4.91. The van der Waals surface area contributed by atoms with E-state index < -0.39 is 3.93 Å². The molecule has 2 aliphatic rings. The quantitative estimate of drug-likeness (QED) is 0.400. The van der Waals surface area contributed by atoms with Gasteiger partial charge >= 0.3 is 0 Å². The smallest absolute Gasteiger partial charge is 0.267 e. The summed E-state index contributed by atoms with van der Waals surface area (Å²) in [7, 11) is 0. The maximum atomic E-state index is 5.52. The maximum Gasteiger partial charge on any atom is 0.267 e. The first-order valence-corrected chi connectivity index (χ1v) is 13.7. The van der Waals surface area contributed by atoms with Crippen molar-refractivity contribution in [2.24, 2.45) is 5.92 Å². The Morgan fingerprint density at radius 3 is 2.54 bits per heavy atom. The van der Waals surface area contributed by atoms with Crippen molar-refractivity contribution in [3.8, 4) is 0 Å². The standard InChI is InChI=1S/C8H13Br3OSi/c9-13(10,11)4-3-6-1-2-7-8(5-6)12-7/h6-8H,1-5H2. The number of ether oxygens (including phenoxy) is 1.